The molecule has 0 saturated carbocycles. The van der Waals surface area contributed by atoms with Crippen LogP contribution in [0, 0.1) is 5.92 Å². The van der Waals surface area contributed by atoms with Gasteiger partial charge in [0.25, 0.3) is 0 Å². The molecule has 3 amide bonds. The normalized spacial score (nSPS) is 15.2. The highest BCUT2D eigenvalue weighted by Crippen LogP contribution is 2.17. The molecule has 2 rings (SSSR count). The molecule has 0 bridgehead atoms. The zero-order valence-electron chi connectivity index (χ0n) is 14.5. The Balaban J connectivity index is 1.71. The van der Waals surface area contributed by atoms with Gasteiger partial charge < -0.3 is 15.5 Å². The molecule has 0 atom stereocenters. The molecule has 1 aliphatic heterocycles. The molecule has 6 nitrogen and oxygen atoms in total. The van der Waals surface area contributed by atoms with Crippen LogP contribution in [-0.2, 0) is 14.4 Å². The van der Waals surface area contributed by atoms with Gasteiger partial charge in [0.1, 0.15) is 0 Å². The first kappa shape index (κ1) is 18.7. The summed E-state index contributed by atoms with van der Waals surface area (Å²) in [4.78, 5) is 36.9. The van der Waals surface area contributed by atoms with Crippen molar-refractivity contribution in [2.45, 2.75) is 19.8 Å². The van der Waals surface area contributed by atoms with Crippen molar-refractivity contribution in [2.75, 3.05) is 26.2 Å². The van der Waals surface area contributed by atoms with Crippen LogP contribution < -0.4 is 10.6 Å². The lowest BCUT2D eigenvalue weighted by atomic mass is 9.96. The molecule has 2 N–H and O–H groups in total. The number of carbonyl (C=O) groups is 3. The van der Waals surface area contributed by atoms with E-state index < -0.39 is 0 Å². The zero-order chi connectivity index (χ0) is 18.1. The summed E-state index contributed by atoms with van der Waals surface area (Å²) < 4.78 is 0. The van der Waals surface area contributed by atoms with Crippen molar-refractivity contribution in [3.63, 3.8) is 0 Å². The average molecular weight is 343 g/mol. The highest BCUT2D eigenvalue weighted by atomic mass is 16.2. The van der Waals surface area contributed by atoms with E-state index in [0.717, 1.165) is 5.56 Å². The second kappa shape index (κ2) is 9.61. The molecule has 1 aromatic rings. The van der Waals surface area contributed by atoms with Crippen molar-refractivity contribution in [1.82, 2.24) is 15.5 Å². The Hall–Kier alpha value is -2.63. The lowest BCUT2D eigenvalue weighted by Crippen LogP contribution is -2.43. The molecule has 1 saturated heterocycles. The molecule has 134 valence electrons. The minimum Gasteiger partial charge on any atom is -0.355 e. The molecule has 0 spiro atoms. The quantitative estimate of drug-likeness (QED) is 0.602. The van der Waals surface area contributed by atoms with Crippen LogP contribution in [0.15, 0.2) is 36.4 Å². The van der Waals surface area contributed by atoms with E-state index in [4.69, 9.17) is 0 Å². The Bertz CT molecular complexity index is 620. The summed E-state index contributed by atoms with van der Waals surface area (Å²) in [7, 11) is 0. The van der Waals surface area contributed by atoms with Crippen LogP contribution in [0.4, 0.5) is 0 Å². The molecule has 6 heteroatoms. The summed E-state index contributed by atoms with van der Waals surface area (Å²) in [5, 5.41) is 5.47. The summed E-state index contributed by atoms with van der Waals surface area (Å²) >= 11 is 0. The van der Waals surface area contributed by atoms with Crippen LogP contribution in [0.25, 0.3) is 6.08 Å². The topological polar surface area (TPSA) is 78.5 Å². The molecule has 25 heavy (non-hydrogen) atoms. The largest absolute Gasteiger partial charge is 0.355 e. The van der Waals surface area contributed by atoms with Crippen LogP contribution in [-0.4, -0.2) is 48.8 Å². The van der Waals surface area contributed by atoms with Gasteiger partial charge >= 0.3 is 0 Å². The fourth-order valence-electron chi connectivity index (χ4n) is 2.77. The van der Waals surface area contributed by atoms with Gasteiger partial charge in [-0.2, -0.15) is 0 Å². The van der Waals surface area contributed by atoms with Crippen LogP contribution in [0.3, 0.4) is 0 Å². The molecule has 0 aliphatic carbocycles. The predicted octanol–water partition coefficient (Wildman–Crippen LogP) is 1.19. The number of nitrogens with one attached hydrogen (secondary N) is 2. The second-order valence-electron chi connectivity index (χ2n) is 6.12. The van der Waals surface area contributed by atoms with Gasteiger partial charge in [-0.3, -0.25) is 14.4 Å². The maximum Gasteiger partial charge on any atom is 0.246 e. The number of hydrogen-bond acceptors (Lipinski definition) is 3. The monoisotopic (exact) mass is 343 g/mol. The first-order chi connectivity index (χ1) is 12.1. The summed E-state index contributed by atoms with van der Waals surface area (Å²) in [5.41, 5.74) is 0.990. The number of amides is 3. The summed E-state index contributed by atoms with van der Waals surface area (Å²) in [6, 6.07) is 9.69. The van der Waals surface area contributed by atoms with Crippen LogP contribution >= 0.6 is 0 Å². The van der Waals surface area contributed by atoms with Crippen molar-refractivity contribution in [3.8, 4) is 0 Å². The zero-order valence-corrected chi connectivity index (χ0v) is 14.5. The highest BCUT2D eigenvalue weighted by Gasteiger charge is 2.26. The first-order valence-corrected chi connectivity index (χ1v) is 8.60. The number of rotatable bonds is 6. The lowest BCUT2D eigenvalue weighted by Gasteiger charge is -2.30. The van der Waals surface area contributed by atoms with Gasteiger partial charge in [-0.05, 0) is 24.5 Å². The Morgan fingerprint density at radius 3 is 2.36 bits per heavy atom. The molecule has 0 radical (unpaired) electrons. The number of carbonyl (C=O) groups excluding carboxylic acids is 3. The number of nitrogens with zero attached hydrogens (tertiary/aromatic N) is 1. The van der Waals surface area contributed by atoms with Crippen molar-refractivity contribution in [3.05, 3.63) is 42.0 Å². The molecule has 0 unspecified atom stereocenters. The van der Waals surface area contributed by atoms with Gasteiger partial charge in [0.15, 0.2) is 0 Å². The predicted molar refractivity (Wildman–Crippen MR) is 96.5 cm³/mol. The fraction of sp³-hybridized carbons (Fsp3) is 0.421. The van der Waals surface area contributed by atoms with Crippen LogP contribution in [0.1, 0.15) is 25.3 Å². The van der Waals surface area contributed by atoms with E-state index in [1.165, 1.54) is 6.92 Å². The maximum atomic E-state index is 12.2. The van der Waals surface area contributed by atoms with Crippen molar-refractivity contribution in [2.24, 2.45) is 5.92 Å². The van der Waals surface area contributed by atoms with Gasteiger partial charge in [0, 0.05) is 45.1 Å². The molecule has 0 aromatic heterocycles. The van der Waals surface area contributed by atoms with Crippen LogP contribution in [0.5, 0.6) is 0 Å². The van der Waals surface area contributed by atoms with Crippen molar-refractivity contribution in [1.29, 1.82) is 0 Å². The van der Waals surface area contributed by atoms with E-state index in [-0.39, 0.29) is 23.6 Å². The average Bonchev–Trinajstić information content (AvgIpc) is 2.64. The second-order valence-corrected chi connectivity index (χ2v) is 6.12. The number of likely N-dealkylation sites (tertiary alicyclic amines) is 1. The van der Waals surface area contributed by atoms with E-state index in [1.54, 1.807) is 11.0 Å². The number of piperidine rings is 1. The van der Waals surface area contributed by atoms with Crippen molar-refractivity contribution >= 4 is 23.8 Å². The molecular formula is C19H25N3O3. The minimum absolute atomic E-state index is 0.00252. The molecule has 1 fully saturated rings. The third-order valence-electron chi connectivity index (χ3n) is 4.19. The fourth-order valence-corrected chi connectivity index (χ4v) is 2.77. The van der Waals surface area contributed by atoms with Gasteiger partial charge in [-0.1, -0.05) is 30.3 Å². The SMILES string of the molecule is CC(=O)NCCNC(=O)C1CCN(C(=O)/C=C/c2ccccc2)CC1. The van der Waals surface area contributed by atoms with E-state index in [9.17, 15) is 14.4 Å². The molecular weight excluding hydrogens is 318 g/mol. The van der Waals surface area contributed by atoms with Gasteiger partial charge in [0.2, 0.25) is 17.7 Å². The van der Waals surface area contributed by atoms with Gasteiger partial charge in [-0.15, -0.1) is 0 Å². The van der Waals surface area contributed by atoms with Crippen LogP contribution in [0.2, 0.25) is 0 Å². The maximum absolute atomic E-state index is 12.2. The van der Waals surface area contributed by atoms with Gasteiger partial charge in [-0.25, -0.2) is 0 Å². The van der Waals surface area contributed by atoms with E-state index in [2.05, 4.69) is 10.6 Å². The number of benzene rings is 1. The molecule has 1 aliphatic rings. The van der Waals surface area contributed by atoms with Gasteiger partial charge in [0.05, 0.1) is 0 Å². The Kier molecular flexibility index (Phi) is 7.19. The Morgan fingerprint density at radius 1 is 1.08 bits per heavy atom. The standard InChI is InChI=1S/C19H25N3O3/c1-15(23)20-11-12-21-19(25)17-9-13-22(14-10-17)18(24)8-7-16-5-3-2-4-6-16/h2-8,17H,9-14H2,1H3,(H,20,23)(H,21,25)/b8-7+. The Labute approximate surface area is 148 Å². The first-order valence-electron chi connectivity index (χ1n) is 8.60. The van der Waals surface area contributed by atoms with E-state index >= 15 is 0 Å². The summed E-state index contributed by atoms with van der Waals surface area (Å²) in [6.45, 7) is 3.48. The van der Waals surface area contributed by atoms with Crippen molar-refractivity contribution < 1.29 is 14.4 Å². The number of hydrogen-bond donors (Lipinski definition) is 2. The highest BCUT2D eigenvalue weighted by molar-refractivity contribution is 5.92. The molecule has 1 heterocycles. The van der Waals surface area contributed by atoms with E-state index in [1.807, 2.05) is 36.4 Å². The lowest BCUT2D eigenvalue weighted by molar-refractivity contribution is -0.132. The summed E-state index contributed by atoms with van der Waals surface area (Å²) in [5.74, 6) is -0.199. The third kappa shape index (κ3) is 6.41. The third-order valence-corrected chi connectivity index (χ3v) is 4.19. The smallest absolute Gasteiger partial charge is 0.246 e. The molecule has 1 aromatic carbocycles. The minimum atomic E-state index is -0.107. The summed E-state index contributed by atoms with van der Waals surface area (Å²) in [6.07, 6.45) is 4.72. The van der Waals surface area contributed by atoms with E-state index in [0.29, 0.717) is 39.0 Å². The Morgan fingerprint density at radius 2 is 1.72 bits per heavy atom.